The number of fused-ring (bicyclic) bond motifs is 1. The molecule has 6 nitrogen and oxygen atoms in total. The van der Waals surface area contributed by atoms with E-state index < -0.39 is 4.99 Å². The number of rotatable bonds is 4. The maximum atomic E-state index is 11.6. The number of methoxy groups -OCH3 is 2. The highest BCUT2D eigenvalue weighted by molar-refractivity contribution is 7.99. The van der Waals surface area contributed by atoms with Crippen LogP contribution >= 0.6 is 23.4 Å². The van der Waals surface area contributed by atoms with Crippen molar-refractivity contribution in [3.8, 4) is 11.5 Å². The van der Waals surface area contributed by atoms with E-state index >= 15 is 0 Å². The first-order chi connectivity index (χ1) is 11.5. The van der Waals surface area contributed by atoms with Crippen molar-refractivity contribution in [1.82, 2.24) is 4.98 Å². The van der Waals surface area contributed by atoms with Gasteiger partial charge in [-0.25, -0.2) is 4.99 Å². The minimum absolute atomic E-state index is 0.194. The number of aromatic nitrogens is 1. The number of hydrogen-bond acceptors (Lipinski definition) is 6. The Morgan fingerprint density at radius 1 is 1.25 bits per heavy atom. The standard InChI is InChI=1S/C16H16ClN3O3S/c1-22-10-6-11(14(17)12(7-10)23-2)16(24-3)18-8-9-4-5-13(21)19-15(9)20-16/h4-8H,1-3H3,(H2,19,20,21). The molecule has 24 heavy (non-hydrogen) atoms. The van der Waals surface area contributed by atoms with Gasteiger partial charge in [0.05, 0.1) is 19.2 Å². The van der Waals surface area contributed by atoms with Crippen LogP contribution in [0.1, 0.15) is 11.1 Å². The fourth-order valence-corrected chi connectivity index (χ4v) is 3.62. The summed E-state index contributed by atoms with van der Waals surface area (Å²) in [7, 11) is 3.11. The number of thioether (sulfide) groups is 1. The van der Waals surface area contributed by atoms with Gasteiger partial charge >= 0.3 is 0 Å². The van der Waals surface area contributed by atoms with Crippen LogP contribution in [0.5, 0.6) is 11.5 Å². The van der Waals surface area contributed by atoms with E-state index in [0.717, 1.165) is 5.56 Å². The summed E-state index contributed by atoms with van der Waals surface area (Å²) in [6, 6.07) is 6.68. The molecule has 0 spiro atoms. The quantitative estimate of drug-likeness (QED) is 0.870. The first-order valence-electron chi connectivity index (χ1n) is 7.07. The summed E-state index contributed by atoms with van der Waals surface area (Å²) < 4.78 is 10.7. The van der Waals surface area contributed by atoms with E-state index in [2.05, 4.69) is 15.3 Å². The molecular formula is C16H16ClN3O3S. The lowest BCUT2D eigenvalue weighted by Gasteiger charge is -2.34. The van der Waals surface area contributed by atoms with Crippen molar-refractivity contribution in [2.45, 2.75) is 4.99 Å². The van der Waals surface area contributed by atoms with Crippen molar-refractivity contribution < 1.29 is 9.47 Å². The Morgan fingerprint density at radius 3 is 2.71 bits per heavy atom. The van der Waals surface area contributed by atoms with E-state index in [0.29, 0.717) is 27.9 Å². The average Bonchev–Trinajstić information content (AvgIpc) is 2.61. The molecule has 0 saturated carbocycles. The smallest absolute Gasteiger partial charge is 0.249 e. The Kier molecular flexibility index (Phi) is 4.47. The molecule has 1 aliphatic rings. The highest BCUT2D eigenvalue weighted by Gasteiger charge is 2.37. The molecule has 1 aliphatic heterocycles. The summed E-state index contributed by atoms with van der Waals surface area (Å²) in [6.45, 7) is 0. The van der Waals surface area contributed by atoms with Crippen LogP contribution in [0.4, 0.5) is 5.82 Å². The van der Waals surface area contributed by atoms with E-state index in [1.807, 2.05) is 6.26 Å². The summed E-state index contributed by atoms with van der Waals surface area (Å²) >= 11 is 7.96. The van der Waals surface area contributed by atoms with Crippen LogP contribution in [-0.4, -0.2) is 31.7 Å². The van der Waals surface area contributed by atoms with Crippen LogP contribution in [0, 0.1) is 0 Å². The van der Waals surface area contributed by atoms with Gasteiger partial charge in [0.15, 0.2) is 0 Å². The zero-order chi connectivity index (χ0) is 17.3. The molecule has 1 aromatic heterocycles. The maximum absolute atomic E-state index is 11.6. The van der Waals surface area contributed by atoms with Gasteiger partial charge in [0.1, 0.15) is 17.3 Å². The van der Waals surface area contributed by atoms with E-state index in [-0.39, 0.29) is 5.56 Å². The molecule has 0 fully saturated rings. The zero-order valence-electron chi connectivity index (χ0n) is 13.3. The average molecular weight is 366 g/mol. The van der Waals surface area contributed by atoms with E-state index in [1.54, 1.807) is 38.6 Å². The summed E-state index contributed by atoms with van der Waals surface area (Å²) in [4.78, 5) is 18.2. The van der Waals surface area contributed by atoms with Crippen LogP contribution in [0.25, 0.3) is 0 Å². The second kappa shape index (κ2) is 6.41. The molecule has 1 aromatic carbocycles. The van der Waals surface area contributed by atoms with Gasteiger partial charge in [-0.15, -0.1) is 11.8 Å². The predicted molar refractivity (Wildman–Crippen MR) is 98.0 cm³/mol. The van der Waals surface area contributed by atoms with Crippen LogP contribution in [0.3, 0.4) is 0 Å². The molecule has 0 amide bonds. The highest BCUT2D eigenvalue weighted by Crippen LogP contribution is 2.46. The molecule has 8 heteroatoms. The molecule has 126 valence electrons. The van der Waals surface area contributed by atoms with Gasteiger partial charge in [-0.1, -0.05) is 11.6 Å². The highest BCUT2D eigenvalue weighted by atomic mass is 35.5. The van der Waals surface area contributed by atoms with E-state index in [1.165, 1.54) is 17.8 Å². The fourth-order valence-electron chi connectivity index (χ4n) is 2.50. The molecule has 0 aliphatic carbocycles. The molecule has 1 atom stereocenters. The molecule has 3 rings (SSSR count). The molecule has 2 N–H and O–H groups in total. The van der Waals surface area contributed by atoms with Crippen molar-refractivity contribution in [1.29, 1.82) is 0 Å². The van der Waals surface area contributed by atoms with Gasteiger partial charge in [0.2, 0.25) is 10.6 Å². The summed E-state index contributed by atoms with van der Waals surface area (Å²) in [5.41, 5.74) is 1.28. The molecule has 0 bridgehead atoms. The van der Waals surface area contributed by atoms with Crippen molar-refractivity contribution in [3.05, 3.63) is 50.8 Å². The van der Waals surface area contributed by atoms with Gasteiger partial charge in [-0.3, -0.25) is 4.79 Å². The second-order valence-corrected chi connectivity index (χ2v) is 6.45. The Bertz CT molecular complexity index is 868. The molecule has 0 radical (unpaired) electrons. The number of ether oxygens (including phenoxy) is 2. The van der Waals surface area contributed by atoms with Crippen molar-refractivity contribution >= 4 is 35.4 Å². The van der Waals surface area contributed by atoms with Crippen LogP contribution in [0.15, 0.2) is 34.1 Å². The van der Waals surface area contributed by atoms with Crippen LogP contribution < -0.4 is 20.3 Å². The minimum atomic E-state index is -0.907. The lowest BCUT2D eigenvalue weighted by atomic mass is 10.1. The minimum Gasteiger partial charge on any atom is -0.497 e. The number of nitrogens with one attached hydrogen (secondary N) is 2. The Morgan fingerprint density at radius 2 is 2.04 bits per heavy atom. The maximum Gasteiger partial charge on any atom is 0.249 e. The number of H-pyrrole nitrogens is 1. The van der Waals surface area contributed by atoms with Gasteiger partial charge in [-0.05, 0) is 18.4 Å². The van der Waals surface area contributed by atoms with Gasteiger partial charge < -0.3 is 19.8 Å². The number of pyridine rings is 1. The van der Waals surface area contributed by atoms with E-state index in [9.17, 15) is 4.79 Å². The molecule has 2 aromatic rings. The third kappa shape index (κ3) is 2.74. The normalized spacial score (nSPS) is 18.7. The SMILES string of the molecule is COc1cc(OC)c(Cl)c(C2(SC)N=Cc3ccc(=O)[nH]c3N2)c1. The lowest BCUT2D eigenvalue weighted by Crippen LogP contribution is -2.34. The topological polar surface area (TPSA) is 75.7 Å². The third-order valence-electron chi connectivity index (χ3n) is 3.76. The predicted octanol–water partition coefficient (Wildman–Crippen LogP) is 3.06. The summed E-state index contributed by atoms with van der Waals surface area (Å²) in [5.74, 6) is 1.68. The number of nitrogens with zero attached hydrogens (tertiary/aromatic N) is 1. The third-order valence-corrected chi connectivity index (χ3v) is 5.17. The largest absolute Gasteiger partial charge is 0.497 e. The van der Waals surface area contributed by atoms with Crippen molar-refractivity contribution in [3.63, 3.8) is 0 Å². The summed E-state index contributed by atoms with van der Waals surface area (Å²) in [5, 5.41) is 3.70. The van der Waals surface area contributed by atoms with Gasteiger partial charge in [0.25, 0.3) is 0 Å². The zero-order valence-corrected chi connectivity index (χ0v) is 14.9. The first-order valence-corrected chi connectivity index (χ1v) is 8.67. The van der Waals surface area contributed by atoms with Crippen LogP contribution in [0.2, 0.25) is 5.02 Å². The number of anilines is 1. The van der Waals surface area contributed by atoms with Gasteiger partial charge in [-0.2, -0.15) is 0 Å². The Hall–Kier alpha value is -2.12. The molecule has 1 unspecified atom stereocenters. The first kappa shape index (κ1) is 16.7. The molecular weight excluding hydrogens is 350 g/mol. The number of halogens is 1. The van der Waals surface area contributed by atoms with Gasteiger partial charge in [0, 0.05) is 29.5 Å². The van der Waals surface area contributed by atoms with Crippen LogP contribution in [-0.2, 0) is 4.99 Å². The number of benzene rings is 1. The fraction of sp³-hybridized carbons (Fsp3) is 0.250. The molecule has 0 saturated heterocycles. The second-order valence-electron chi connectivity index (χ2n) is 5.08. The number of aromatic amines is 1. The van der Waals surface area contributed by atoms with E-state index in [4.69, 9.17) is 21.1 Å². The van der Waals surface area contributed by atoms with Crippen molar-refractivity contribution in [2.75, 3.05) is 25.8 Å². The lowest BCUT2D eigenvalue weighted by molar-refractivity contribution is 0.392. The van der Waals surface area contributed by atoms with Crippen molar-refractivity contribution in [2.24, 2.45) is 4.99 Å². The number of aliphatic imine (C=N–C) groups is 1. The Balaban J connectivity index is 2.18. The Labute approximate surface area is 148 Å². The number of hydrogen-bond donors (Lipinski definition) is 2. The monoisotopic (exact) mass is 365 g/mol. The summed E-state index contributed by atoms with van der Waals surface area (Å²) in [6.07, 6.45) is 3.61. The molecule has 2 heterocycles.